The Bertz CT molecular complexity index is 689. The number of aryl methyl sites for hydroxylation is 1. The van der Waals surface area contributed by atoms with Gasteiger partial charge in [-0.25, -0.2) is 4.79 Å². The van der Waals surface area contributed by atoms with E-state index in [0.717, 1.165) is 5.56 Å². The van der Waals surface area contributed by atoms with Gasteiger partial charge in [0.2, 0.25) is 0 Å². The molecule has 106 valence electrons. The van der Waals surface area contributed by atoms with Crippen molar-refractivity contribution >= 4 is 17.3 Å². The molecular weight excluding hydrogens is 276 g/mol. The molecule has 20 heavy (non-hydrogen) atoms. The summed E-state index contributed by atoms with van der Waals surface area (Å²) in [6, 6.07) is 1.80. The molecule has 0 bridgehead atoms. The Balaban J connectivity index is 2.58. The normalized spacial score (nSPS) is 12.3. The molecule has 0 aromatic carbocycles. The van der Waals surface area contributed by atoms with E-state index >= 15 is 0 Å². The number of nitrogens with zero attached hydrogens (tertiary/aromatic N) is 2. The molecule has 0 amide bonds. The molecule has 2 aromatic heterocycles. The molecule has 0 aliphatic carbocycles. The maximum atomic E-state index is 12.1. The lowest BCUT2D eigenvalue weighted by atomic mass is 10.1. The van der Waals surface area contributed by atoms with Crippen LogP contribution in [0.2, 0.25) is 0 Å². The zero-order valence-electron chi connectivity index (χ0n) is 11.6. The van der Waals surface area contributed by atoms with Crippen molar-refractivity contribution in [1.82, 2.24) is 9.55 Å². The highest BCUT2D eigenvalue weighted by molar-refractivity contribution is 7.07. The number of carboxylic acid groups (broad SMARTS) is 1. The summed E-state index contributed by atoms with van der Waals surface area (Å²) in [5.41, 5.74) is 2.45. The minimum absolute atomic E-state index is 0.124. The van der Waals surface area contributed by atoms with Crippen LogP contribution in [-0.4, -0.2) is 20.6 Å². The number of carbonyl (C=O) groups is 1. The number of rotatable bonds is 4. The van der Waals surface area contributed by atoms with Crippen molar-refractivity contribution in [3.8, 4) is 0 Å². The quantitative estimate of drug-likeness (QED) is 0.937. The summed E-state index contributed by atoms with van der Waals surface area (Å²) in [6.45, 7) is 5.36. The first-order valence-corrected chi connectivity index (χ1v) is 7.18. The SMILES string of the molecule is Cc1nc(=O)n(C(C)c2ccsc2)c(C)c1CC(=O)O. The first-order chi connectivity index (χ1) is 9.41. The van der Waals surface area contributed by atoms with E-state index in [1.54, 1.807) is 29.8 Å². The topological polar surface area (TPSA) is 72.2 Å². The van der Waals surface area contributed by atoms with E-state index < -0.39 is 5.97 Å². The van der Waals surface area contributed by atoms with Crippen LogP contribution in [0, 0.1) is 13.8 Å². The summed E-state index contributed by atoms with van der Waals surface area (Å²) in [4.78, 5) is 27.1. The van der Waals surface area contributed by atoms with Crippen LogP contribution in [0.3, 0.4) is 0 Å². The molecule has 0 saturated heterocycles. The molecule has 0 saturated carbocycles. The predicted octanol–water partition coefficient (Wildman–Crippen LogP) is 2.16. The Hall–Kier alpha value is -1.95. The first kappa shape index (κ1) is 14.5. The van der Waals surface area contributed by atoms with Gasteiger partial charge in [0.1, 0.15) is 0 Å². The molecule has 0 aliphatic rings. The van der Waals surface area contributed by atoms with Crippen molar-refractivity contribution in [3.05, 3.63) is 49.8 Å². The van der Waals surface area contributed by atoms with Crippen molar-refractivity contribution in [2.45, 2.75) is 33.2 Å². The van der Waals surface area contributed by atoms with Crippen LogP contribution in [0.5, 0.6) is 0 Å². The molecule has 6 heteroatoms. The molecule has 2 aromatic rings. The maximum Gasteiger partial charge on any atom is 0.348 e. The molecule has 0 radical (unpaired) electrons. The fourth-order valence-electron chi connectivity index (χ4n) is 2.34. The van der Waals surface area contributed by atoms with E-state index in [1.165, 1.54) is 0 Å². The Morgan fingerprint density at radius 1 is 1.50 bits per heavy atom. The Kier molecular flexibility index (Phi) is 4.04. The fraction of sp³-hybridized carbons (Fsp3) is 0.357. The second-order valence-electron chi connectivity index (χ2n) is 4.72. The van der Waals surface area contributed by atoms with Crippen LogP contribution in [0.15, 0.2) is 21.6 Å². The molecule has 5 nitrogen and oxygen atoms in total. The van der Waals surface area contributed by atoms with Gasteiger partial charge < -0.3 is 5.11 Å². The lowest BCUT2D eigenvalue weighted by molar-refractivity contribution is -0.136. The minimum atomic E-state index is -0.925. The maximum absolute atomic E-state index is 12.1. The third-order valence-electron chi connectivity index (χ3n) is 3.45. The summed E-state index contributed by atoms with van der Waals surface area (Å²) in [7, 11) is 0. The highest BCUT2D eigenvalue weighted by Crippen LogP contribution is 2.22. The lowest BCUT2D eigenvalue weighted by Crippen LogP contribution is -2.31. The molecule has 0 aliphatic heterocycles. The number of hydrogen-bond donors (Lipinski definition) is 1. The van der Waals surface area contributed by atoms with Gasteiger partial charge in [-0.15, -0.1) is 0 Å². The van der Waals surface area contributed by atoms with E-state index in [4.69, 9.17) is 5.11 Å². The van der Waals surface area contributed by atoms with Gasteiger partial charge in [-0.1, -0.05) is 0 Å². The molecule has 2 rings (SSSR count). The van der Waals surface area contributed by atoms with E-state index in [-0.39, 0.29) is 18.2 Å². The fourth-order valence-corrected chi connectivity index (χ4v) is 3.09. The van der Waals surface area contributed by atoms with Gasteiger partial charge in [0, 0.05) is 17.0 Å². The van der Waals surface area contributed by atoms with Crippen LogP contribution < -0.4 is 5.69 Å². The van der Waals surface area contributed by atoms with Crippen molar-refractivity contribution in [2.24, 2.45) is 0 Å². The number of carboxylic acids is 1. The van der Waals surface area contributed by atoms with Gasteiger partial charge in [-0.2, -0.15) is 16.3 Å². The van der Waals surface area contributed by atoms with E-state index in [9.17, 15) is 9.59 Å². The third kappa shape index (κ3) is 2.65. The summed E-state index contributed by atoms with van der Waals surface area (Å²) in [5, 5.41) is 12.9. The molecule has 1 atom stereocenters. The van der Waals surface area contributed by atoms with Crippen LogP contribution in [0.4, 0.5) is 0 Å². The molecule has 1 unspecified atom stereocenters. The zero-order chi connectivity index (χ0) is 14.9. The zero-order valence-corrected chi connectivity index (χ0v) is 12.4. The third-order valence-corrected chi connectivity index (χ3v) is 4.15. The Labute approximate surface area is 120 Å². The predicted molar refractivity (Wildman–Crippen MR) is 77.4 cm³/mol. The standard InChI is InChI=1S/C14H16N2O3S/c1-8-12(6-13(17)18)10(3)16(14(19)15-8)9(2)11-4-5-20-7-11/h4-5,7,9H,6H2,1-3H3,(H,17,18). The molecule has 0 fully saturated rings. The van der Waals surface area contributed by atoms with Crippen LogP contribution >= 0.6 is 11.3 Å². The van der Waals surface area contributed by atoms with Crippen LogP contribution in [0.25, 0.3) is 0 Å². The second kappa shape index (κ2) is 5.58. The molecule has 1 N–H and O–H groups in total. The highest BCUT2D eigenvalue weighted by atomic mass is 32.1. The largest absolute Gasteiger partial charge is 0.481 e. The highest BCUT2D eigenvalue weighted by Gasteiger charge is 2.18. The van der Waals surface area contributed by atoms with Gasteiger partial charge in [0.15, 0.2) is 0 Å². The summed E-state index contributed by atoms with van der Waals surface area (Å²) in [5.74, 6) is -0.925. The monoisotopic (exact) mass is 292 g/mol. The van der Waals surface area contributed by atoms with E-state index in [2.05, 4.69) is 4.98 Å². The average molecular weight is 292 g/mol. The number of thiophene rings is 1. The summed E-state index contributed by atoms with van der Waals surface area (Å²) < 4.78 is 1.56. The van der Waals surface area contributed by atoms with Crippen LogP contribution in [0.1, 0.15) is 35.5 Å². The minimum Gasteiger partial charge on any atom is -0.481 e. The van der Waals surface area contributed by atoms with E-state index in [0.29, 0.717) is 17.0 Å². The summed E-state index contributed by atoms with van der Waals surface area (Å²) in [6.07, 6.45) is -0.124. The number of aliphatic carboxylic acids is 1. The van der Waals surface area contributed by atoms with Gasteiger partial charge in [-0.3, -0.25) is 9.36 Å². The summed E-state index contributed by atoms with van der Waals surface area (Å²) >= 11 is 1.56. The number of aromatic nitrogens is 2. The molecule has 0 spiro atoms. The lowest BCUT2D eigenvalue weighted by Gasteiger charge is -2.19. The van der Waals surface area contributed by atoms with Crippen molar-refractivity contribution in [1.29, 1.82) is 0 Å². The van der Waals surface area contributed by atoms with Gasteiger partial charge >= 0.3 is 11.7 Å². The van der Waals surface area contributed by atoms with Gasteiger partial charge in [0.05, 0.1) is 12.5 Å². The second-order valence-corrected chi connectivity index (χ2v) is 5.50. The Morgan fingerprint density at radius 3 is 2.75 bits per heavy atom. The van der Waals surface area contributed by atoms with Crippen molar-refractivity contribution < 1.29 is 9.90 Å². The van der Waals surface area contributed by atoms with Crippen molar-refractivity contribution in [2.75, 3.05) is 0 Å². The van der Waals surface area contributed by atoms with E-state index in [1.807, 2.05) is 23.8 Å². The number of hydrogen-bond acceptors (Lipinski definition) is 4. The molecular formula is C14H16N2O3S. The van der Waals surface area contributed by atoms with Crippen molar-refractivity contribution in [3.63, 3.8) is 0 Å². The molecule has 2 heterocycles. The van der Waals surface area contributed by atoms with Gasteiger partial charge in [-0.05, 0) is 43.2 Å². The Morgan fingerprint density at radius 2 is 2.20 bits per heavy atom. The average Bonchev–Trinajstić information content (AvgIpc) is 2.87. The van der Waals surface area contributed by atoms with Crippen LogP contribution in [-0.2, 0) is 11.2 Å². The van der Waals surface area contributed by atoms with Gasteiger partial charge in [0.25, 0.3) is 0 Å². The smallest absolute Gasteiger partial charge is 0.348 e. The first-order valence-electron chi connectivity index (χ1n) is 6.24.